The SMILES string of the molecule is O=C(C[C@@H](c1ccc(C(F)(F)F)cc1)c1ncccc1C(F)(F)F)c1cccc(I)c1. The van der Waals surface area contributed by atoms with Crippen LogP contribution >= 0.6 is 22.6 Å². The molecule has 3 aromatic rings. The number of ketones is 1. The van der Waals surface area contributed by atoms with E-state index >= 15 is 0 Å². The van der Waals surface area contributed by atoms with Crippen LogP contribution in [0.2, 0.25) is 0 Å². The number of halogens is 7. The predicted octanol–water partition coefficient (Wildman–Crippen LogP) is 7.13. The second-order valence-electron chi connectivity index (χ2n) is 6.74. The zero-order valence-electron chi connectivity index (χ0n) is 15.6. The van der Waals surface area contributed by atoms with Gasteiger partial charge in [-0.2, -0.15) is 26.3 Å². The van der Waals surface area contributed by atoms with Gasteiger partial charge in [0.1, 0.15) is 0 Å². The maximum absolute atomic E-state index is 13.6. The quantitative estimate of drug-likeness (QED) is 0.193. The Morgan fingerprint density at radius 2 is 1.58 bits per heavy atom. The normalized spacial score (nSPS) is 13.1. The number of carbonyl (C=O) groups excluding carboxylic acids is 1. The molecule has 9 heteroatoms. The zero-order valence-corrected chi connectivity index (χ0v) is 17.8. The van der Waals surface area contributed by atoms with Crippen molar-refractivity contribution >= 4 is 28.4 Å². The Morgan fingerprint density at radius 1 is 0.903 bits per heavy atom. The Balaban J connectivity index is 2.08. The summed E-state index contributed by atoms with van der Waals surface area (Å²) in [6, 6.07) is 12.2. The summed E-state index contributed by atoms with van der Waals surface area (Å²) in [5.74, 6) is -1.62. The fourth-order valence-corrected chi connectivity index (χ4v) is 3.72. The van der Waals surface area contributed by atoms with Gasteiger partial charge in [0.05, 0.1) is 16.8 Å². The molecule has 31 heavy (non-hydrogen) atoms. The van der Waals surface area contributed by atoms with Crippen LogP contribution in [0, 0.1) is 3.57 Å². The second kappa shape index (κ2) is 8.97. The highest BCUT2D eigenvalue weighted by Gasteiger charge is 2.37. The average molecular weight is 549 g/mol. The Labute approximate surface area is 187 Å². The van der Waals surface area contributed by atoms with Gasteiger partial charge < -0.3 is 0 Å². The van der Waals surface area contributed by atoms with Crippen molar-refractivity contribution in [2.24, 2.45) is 0 Å². The van der Waals surface area contributed by atoms with Crippen molar-refractivity contribution in [1.29, 1.82) is 0 Å². The van der Waals surface area contributed by atoms with Crippen LogP contribution in [-0.2, 0) is 12.4 Å². The molecule has 162 valence electrons. The molecule has 0 bridgehead atoms. The Morgan fingerprint density at radius 3 is 2.16 bits per heavy atom. The van der Waals surface area contributed by atoms with E-state index in [1.165, 1.54) is 6.07 Å². The number of rotatable bonds is 5. The summed E-state index contributed by atoms with van der Waals surface area (Å²) >= 11 is 2.00. The summed E-state index contributed by atoms with van der Waals surface area (Å²) in [5.41, 5.74) is -1.94. The van der Waals surface area contributed by atoms with Gasteiger partial charge in [-0.3, -0.25) is 9.78 Å². The van der Waals surface area contributed by atoms with Crippen LogP contribution in [0.5, 0.6) is 0 Å². The van der Waals surface area contributed by atoms with E-state index < -0.39 is 40.9 Å². The van der Waals surface area contributed by atoms with Gasteiger partial charge in [-0.1, -0.05) is 24.3 Å². The Hall–Kier alpha value is -2.43. The predicted molar refractivity (Wildman–Crippen MR) is 111 cm³/mol. The fraction of sp³-hybridized carbons (Fsp3) is 0.182. The van der Waals surface area contributed by atoms with Gasteiger partial charge in [-0.05, 0) is 64.6 Å². The van der Waals surface area contributed by atoms with E-state index in [1.54, 1.807) is 18.2 Å². The smallest absolute Gasteiger partial charge is 0.294 e. The van der Waals surface area contributed by atoms with Crippen LogP contribution in [-0.4, -0.2) is 10.8 Å². The minimum absolute atomic E-state index is 0.135. The lowest BCUT2D eigenvalue weighted by molar-refractivity contribution is -0.139. The minimum Gasteiger partial charge on any atom is -0.294 e. The van der Waals surface area contributed by atoms with E-state index in [0.29, 0.717) is 5.56 Å². The highest BCUT2D eigenvalue weighted by molar-refractivity contribution is 14.1. The van der Waals surface area contributed by atoms with Crippen molar-refractivity contribution in [3.8, 4) is 0 Å². The number of alkyl halides is 6. The number of nitrogens with zero attached hydrogens (tertiary/aromatic N) is 1. The first-order valence-corrected chi connectivity index (χ1v) is 10.0. The maximum Gasteiger partial charge on any atom is 0.418 e. The molecule has 0 saturated heterocycles. The largest absolute Gasteiger partial charge is 0.418 e. The van der Waals surface area contributed by atoms with Crippen LogP contribution in [0.1, 0.15) is 45.1 Å². The van der Waals surface area contributed by atoms with Crippen LogP contribution in [0.4, 0.5) is 26.3 Å². The summed E-state index contributed by atoms with van der Waals surface area (Å²) < 4.78 is 80.3. The molecule has 0 amide bonds. The zero-order chi connectivity index (χ0) is 22.8. The highest BCUT2D eigenvalue weighted by Crippen LogP contribution is 2.39. The molecule has 3 rings (SSSR count). The molecule has 0 saturated carbocycles. The summed E-state index contributed by atoms with van der Waals surface area (Å²) in [4.78, 5) is 16.7. The summed E-state index contributed by atoms with van der Waals surface area (Å²) in [7, 11) is 0. The molecular weight excluding hydrogens is 535 g/mol. The molecule has 0 aliphatic rings. The van der Waals surface area contributed by atoms with E-state index in [0.717, 1.165) is 46.2 Å². The fourth-order valence-electron chi connectivity index (χ4n) is 3.18. The Kier molecular flexibility index (Phi) is 6.73. The van der Waals surface area contributed by atoms with Gasteiger partial charge in [0, 0.05) is 27.7 Å². The number of benzene rings is 2. The van der Waals surface area contributed by atoms with Crippen molar-refractivity contribution < 1.29 is 31.1 Å². The van der Waals surface area contributed by atoms with Crippen molar-refractivity contribution in [3.63, 3.8) is 0 Å². The number of carbonyl (C=O) groups is 1. The molecule has 1 aromatic heterocycles. The van der Waals surface area contributed by atoms with E-state index in [2.05, 4.69) is 4.98 Å². The number of pyridine rings is 1. The number of Topliss-reactive ketones (excluding diaryl/α,β-unsaturated/α-hetero) is 1. The van der Waals surface area contributed by atoms with Gasteiger partial charge in [0.2, 0.25) is 0 Å². The first-order chi connectivity index (χ1) is 14.5. The van der Waals surface area contributed by atoms with Gasteiger partial charge in [-0.25, -0.2) is 0 Å². The van der Waals surface area contributed by atoms with Crippen molar-refractivity contribution in [2.75, 3.05) is 0 Å². The van der Waals surface area contributed by atoms with Crippen LogP contribution in [0.15, 0.2) is 66.9 Å². The number of hydrogen-bond acceptors (Lipinski definition) is 2. The monoisotopic (exact) mass is 549 g/mol. The first-order valence-electron chi connectivity index (χ1n) is 8.95. The van der Waals surface area contributed by atoms with Gasteiger partial charge in [-0.15, -0.1) is 0 Å². The summed E-state index contributed by atoms with van der Waals surface area (Å²) in [6.07, 6.45) is -8.55. The third-order valence-corrected chi connectivity index (χ3v) is 5.32. The van der Waals surface area contributed by atoms with Crippen LogP contribution < -0.4 is 0 Å². The van der Waals surface area contributed by atoms with Crippen LogP contribution in [0.25, 0.3) is 0 Å². The molecule has 0 unspecified atom stereocenters. The van der Waals surface area contributed by atoms with E-state index in [1.807, 2.05) is 22.6 Å². The third kappa shape index (κ3) is 5.63. The molecule has 2 aromatic carbocycles. The lowest BCUT2D eigenvalue weighted by Gasteiger charge is -2.21. The molecule has 2 nitrogen and oxygen atoms in total. The lowest BCUT2D eigenvalue weighted by atomic mass is 9.86. The summed E-state index contributed by atoms with van der Waals surface area (Å²) in [5, 5.41) is 0. The second-order valence-corrected chi connectivity index (χ2v) is 7.99. The number of aromatic nitrogens is 1. The standard InChI is InChI=1S/C22H14F6INO/c23-21(24,25)15-8-6-13(7-9-15)17(12-19(31)14-3-1-4-16(29)11-14)20-18(22(26,27)28)5-2-10-30-20/h1-11,17H,12H2/t17-/m0/s1. The molecule has 0 spiro atoms. The highest BCUT2D eigenvalue weighted by atomic mass is 127. The van der Waals surface area contributed by atoms with Crippen molar-refractivity contribution in [1.82, 2.24) is 4.98 Å². The minimum atomic E-state index is -4.74. The maximum atomic E-state index is 13.6. The van der Waals surface area contributed by atoms with E-state index in [4.69, 9.17) is 0 Å². The van der Waals surface area contributed by atoms with Crippen molar-refractivity contribution in [3.05, 3.63) is 98.4 Å². The van der Waals surface area contributed by atoms with E-state index in [9.17, 15) is 31.1 Å². The molecule has 0 N–H and O–H groups in total. The molecule has 1 heterocycles. The van der Waals surface area contributed by atoms with Gasteiger partial charge >= 0.3 is 12.4 Å². The van der Waals surface area contributed by atoms with Crippen LogP contribution in [0.3, 0.4) is 0 Å². The van der Waals surface area contributed by atoms with Gasteiger partial charge in [0.15, 0.2) is 5.78 Å². The molecule has 0 aliphatic carbocycles. The third-order valence-electron chi connectivity index (χ3n) is 4.65. The molecule has 0 aliphatic heterocycles. The molecular formula is C22H14F6INO. The molecule has 0 fully saturated rings. The average Bonchev–Trinajstić information content (AvgIpc) is 2.71. The molecule has 1 atom stereocenters. The van der Waals surface area contributed by atoms with Gasteiger partial charge in [0.25, 0.3) is 0 Å². The van der Waals surface area contributed by atoms with Crippen molar-refractivity contribution in [2.45, 2.75) is 24.7 Å². The van der Waals surface area contributed by atoms with E-state index in [-0.39, 0.29) is 12.0 Å². The summed E-state index contributed by atoms with van der Waals surface area (Å²) in [6.45, 7) is 0. The topological polar surface area (TPSA) is 30.0 Å². The molecule has 0 radical (unpaired) electrons. The lowest BCUT2D eigenvalue weighted by Crippen LogP contribution is -2.17. The Bertz CT molecular complexity index is 1080. The number of hydrogen-bond donors (Lipinski definition) is 0. The first kappa shape index (κ1) is 23.2.